The third-order valence-electron chi connectivity index (χ3n) is 2.52. The standard InChI is InChI=1S/C15H21N/c1-2-3-4-5-6-10-13-16-14-15-11-8-7-9-12-15/h3,7-9,11-12,16H,1,4-6,10,13-14H2. The first-order chi connectivity index (χ1) is 7.93. The van der Waals surface area contributed by atoms with Crippen molar-refractivity contribution in [1.82, 2.24) is 5.32 Å². The number of hydrogen-bond donors (Lipinski definition) is 1. The van der Waals surface area contributed by atoms with Crippen LogP contribution in [0.4, 0.5) is 0 Å². The topological polar surface area (TPSA) is 12.0 Å². The lowest BCUT2D eigenvalue weighted by molar-refractivity contribution is 0.606. The third-order valence-corrected chi connectivity index (χ3v) is 2.52. The molecule has 1 heteroatoms. The van der Waals surface area contributed by atoms with E-state index in [-0.39, 0.29) is 0 Å². The molecule has 0 heterocycles. The molecule has 0 aliphatic heterocycles. The molecule has 0 saturated heterocycles. The molecule has 1 aromatic carbocycles. The van der Waals surface area contributed by atoms with Crippen LogP contribution in [0, 0.1) is 0 Å². The molecular formula is C15H21N. The molecule has 86 valence electrons. The second-order valence-electron chi connectivity index (χ2n) is 3.92. The average Bonchev–Trinajstić information content (AvgIpc) is 2.34. The monoisotopic (exact) mass is 215 g/mol. The molecule has 0 spiro atoms. The number of unbranched alkanes of at least 4 members (excludes halogenated alkanes) is 3. The van der Waals surface area contributed by atoms with Crippen molar-refractivity contribution < 1.29 is 0 Å². The van der Waals surface area contributed by atoms with Gasteiger partial charge in [-0.2, -0.15) is 0 Å². The first-order valence-electron chi connectivity index (χ1n) is 6.02. The fourth-order valence-corrected chi connectivity index (χ4v) is 1.60. The summed E-state index contributed by atoms with van der Waals surface area (Å²) in [4.78, 5) is 0. The second-order valence-corrected chi connectivity index (χ2v) is 3.92. The van der Waals surface area contributed by atoms with Crippen LogP contribution < -0.4 is 5.32 Å². The molecular weight excluding hydrogens is 194 g/mol. The van der Waals surface area contributed by atoms with E-state index in [0.717, 1.165) is 19.5 Å². The summed E-state index contributed by atoms with van der Waals surface area (Å²) in [6.07, 6.45) is 6.90. The van der Waals surface area contributed by atoms with E-state index < -0.39 is 0 Å². The summed E-state index contributed by atoms with van der Waals surface area (Å²) >= 11 is 0. The predicted molar refractivity (Wildman–Crippen MR) is 70.3 cm³/mol. The van der Waals surface area contributed by atoms with Crippen molar-refractivity contribution in [3.63, 3.8) is 0 Å². The number of nitrogens with one attached hydrogen (secondary N) is 1. The third kappa shape index (κ3) is 6.23. The smallest absolute Gasteiger partial charge is 0.0205 e. The van der Waals surface area contributed by atoms with Gasteiger partial charge in [0.25, 0.3) is 0 Å². The average molecular weight is 215 g/mol. The fraction of sp³-hybridized carbons (Fsp3) is 0.400. The van der Waals surface area contributed by atoms with Crippen LogP contribution >= 0.6 is 0 Å². The summed E-state index contributed by atoms with van der Waals surface area (Å²) in [5, 5.41) is 3.45. The Balaban J connectivity index is 1.94. The Labute approximate surface area is 98.9 Å². The van der Waals surface area contributed by atoms with Crippen LogP contribution in [0.15, 0.2) is 48.7 Å². The molecule has 1 N–H and O–H groups in total. The van der Waals surface area contributed by atoms with Gasteiger partial charge in [0, 0.05) is 6.54 Å². The highest BCUT2D eigenvalue weighted by Gasteiger charge is 1.91. The summed E-state index contributed by atoms with van der Waals surface area (Å²) in [6, 6.07) is 10.5. The molecule has 0 fully saturated rings. The minimum Gasteiger partial charge on any atom is -0.313 e. The van der Waals surface area contributed by atoms with Gasteiger partial charge in [0.15, 0.2) is 0 Å². The lowest BCUT2D eigenvalue weighted by Crippen LogP contribution is -2.14. The molecule has 0 amide bonds. The van der Waals surface area contributed by atoms with Crippen molar-refractivity contribution in [2.45, 2.75) is 32.2 Å². The molecule has 0 saturated carbocycles. The van der Waals surface area contributed by atoms with Crippen LogP contribution in [-0.2, 0) is 6.54 Å². The highest BCUT2D eigenvalue weighted by atomic mass is 14.8. The van der Waals surface area contributed by atoms with Gasteiger partial charge in [0.2, 0.25) is 0 Å². The van der Waals surface area contributed by atoms with Gasteiger partial charge in [-0.15, -0.1) is 5.73 Å². The molecule has 1 rings (SSSR count). The van der Waals surface area contributed by atoms with Crippen molar-refractivity contribution >= 4 is 0 Å². The van der Waals surface area contributed by atoms with Crippen molar-refractivity contribution in [1.29, 1.82) is 0 Å². The quantitative estimate of drug-likeness (QED) is 0.515. The lowest BCUT2D eigenvalue weighted by atomic mass is 10.2. The number of rotatable bonds is 8. The Kier molecular flexibility index (Phi) is 7.15. The van der Waals surface area contributed by atoms with Gasteiger partial charge in [0.1, 0.15) is 0 Å². The van der Waals surface area contributed by atoms with Gasteiger partial charge in [-0.3, -0.25) is 0 Å². The molecule has 0 radical (unpaired) electrons. The Morgan fingerprint density at radius 2 is 1.94 bits per heavy atom. The highest BCUT2D eigenvalue weighted by Crippen LogP contribution is 2.00. The Morgan fingerprint density at radius 1 is 1.12 bits per heavy atom. The zero-order chi connectivity index (χ0) is 11.5. The number of hydrogen-bond acceptors (Lipinski definition) is 1. The van der Waals surface area contributed by atoms with Crippen LogP contribution in [0.3, 0.4) is 0 Å². The van der Waals surface area contributed by atoms with Crippen molar-refractivity contribution in [3.8, 4) is 0 Å². The summed E-state index contributed by atoms with van der Waals surface area (Å²) in [6.45, 7) is 5.63. The zero-order valence-corrected chi connectivity index (χ0v) is 9.91. The molecule has 0 aromatic heterocycles. The SMILES string of the molecule is C=C=CCCCCCNCc1ccccc1. The first-order valence-corrected chi connectivity index (χ1v) is 6.02. The zero-order valence-electron chi connectivity index (χ0n) is 9.91. The molecule has 0 bridgehead atoms. The van der Waals surface area contributed by atoms with E-state index in [4.69, 9.17) is 0 Å². The Morgan fingerprint density at radius 3 is 2.69 bits per heavy atom. The second kappa shape index (κ2) is 8.96. The van der Waals surface area contributed by atoms with Gasteiger partial charge in [-0.05, 0) is 37.4 Å². The van der Waals surface area contributed by atoms with E-state index in [1.165, 1.54) is 24.8 Å². The van der Waals surface area contributed by atoms with E-state index in [1.807, 2.05) is 6.08 Å². The molecule has 0 aliphatic carbocycles. The maximum Gasteiger partial charge on any atom is 0.0205 e. The summed E-state index contributed by atoms with van der Waals surface area (Å²) in [5.41, 5.74) is 4.16. The van der Waals surface area contributed by atoms with E-state index in [2.05, 4.69) is 48.0 Å². The summed E-state index contributed by atoms with van der Waals surface area (Å²) < 4.78 is 0. The van der Waals surface area contributed by atoms with Crippen LogP contribution in [0.25, 0.3) is 0 Å². The normalized spacial score (nSPS) is 9.75. The summed E-state index contributed by atoms with van der Waals surface area (Å²) in [7, 11) is 0. The first kappa shape index (κ1) is 12.8. The van der Waals surface area contributed by atoms with Gasteiger partial charge < -0.3 is 5.32 Å². The van der Waals surface area contributed by atoms with Crippen molar-refractivity contribution in [2.24, 2.45) is 0 Å². The van der Waals surface area contributed by atoms with Crippen LogP contribution in [0.1, 0.15) is 31.2 Å². The van der Waals surface area contributed by atoms with E-state index in [1.54, 1.807) is 0 Å². The minimum absolute atomic E-state index is 0.980. The highest BCUT2D eigenvalue weighted by molar-refractivity contribution is 5.14. The molecule has 16 heavy (non-hydrogen) atoms. The lowest BCUT2D eigenvalue weighted by Gasteiger charge is -2.04. The number of benzene rings is 1. The molecule has 1 aromatic rings. The van der Waals surface area contributed by atoms with Crippen molar-refractivity contribution in [3.05, 3.63) is 54.3 Å². The summed E-state index contributed by atoms with van der Waals surface area (Å²) in [5.74, 6) is 0. The Bertz CT molecular complexity index is 309. The Hall–Kier alpha value is -1.30. The molecule has 0 atom stereocenters. The maximum absolute atomic E-state index is 3.55. The van der Waals surface area contributed by atoms with Gasteiger partial charge in [0.05, 0.1) is 0 Å². The number of allylic oxidation sites excluding steroid dienone is 1. The van der Waals surface area contributed by atoms with E-state index >= 15 is 0 Å². The van der Waals surface area contributed by atoms with Crippen molar-refractivity contribution in [2.75, 3.05) is 6.54 Å². The molecule has 1 nitrogen and oxygen atoms in total. The predicted octanol–water partition coefficient (Wildman–Crippen LogP) is 3.68. The fourth-order valence-electron chi connectivity index (χ4n) is 1.60. The van der Waals surface area contributed by atoms with E-state index in [0.29, 0.717) is 0 Å². The molecule has 0 aliphatic rings. The van der Waals surface area contributed by atoms with Crippen LogP contribution in [0.5, 0.6) is 0 Å². The maximum atomic E-state index is 3.55. The largest absolute Gasteiger partial charge is 0.313 e. The van der Waals surface area contributed by atoms with Crippen LogP contribution in [-0.4, -0.2) is 6.54 Å². The van der Waals surface area contributed by atoms with Gasteiger partial charge in [-0.25, -0.2) is 0 Å². The van der Waals surface area contributed by atoms with E-state index in [9.17, 15) is 0 Å². The van der Waals surface area contributed by atoms with Gasteiger partial charge >= 0.3 is 0 Å². The minimum atomic E-state index is 0.980. The van der Waals surface area contributed by atoms with Crippen LogP contribution in [0.2, 0.25) is 0 Å². The van der Waals surface area contributed by atoms with Gasteiger partial charge in [-0.1, -0.05) is 43.3 Å². The molecule has 0 unspecified atom stereocenters.